The van der Waals surface area contributed by atoms with Gasteiger partial charge >= 0.3 is 0 Å². The van der Waals surface area contributed by atoms with Crippen molar-refractivity contribution in [1.82, 2.24) is 14.7 Å². The maximum absolute atomic E-state index is 6.21. The third-order valence-electron chi connectivity index (χ3n) is 3.41. The number of hydrogen-bond donors (Lipinski definition) is 1. The predicted molar refractivity (Wildman–Crippen MR) is 77.7 cm³/mol. The summed E-state index contributed by atoms with van der Waals surface area (Å²) in [6.45, 7) is 8.91. The van der Waals surface area contributed by atoms with Crippen LogP contribution in [0.1, 0.15) is 32.4 Å². The van der Waals surface area contributed by atoms with Crippen molar-refractivity contribution in [3.05, 3.63) is 18.0 Å². The normalized spacial score (nSPS) is 29.2. The fourth-order valence-corrected chi connectivity index (χ4v) is 4.23. The first kappa shape index (κ1) is 13.9. The Morgan fingerprint density at radius 1 is 1.39 bits per heavy atom. The van der Waals surface area contributed by atoms with Crippen LogP contribution < -0.4 is 5.73 Å². The number of nitrogens with two attached hydrogens (primary N) is 1. The Hall–Kier alpha value is -0.520. The molecule has 1 fully saturated rings. The van der Waals surface area contributed by atoms with Gasteiger partial charge in [0.2, 0.25) is 0 Å². The van der Waals surface area contributed by atoms with Crippen LogP contribution in [-0.2, 0) is 7.05 Å². The maximum Gasteiger partial charge on any atom is 0.0538 e. The van der Waals surface area contributed by atoms with E-state index in [9.17, 15) is 0 Å². The molecule has 5 heteroatoms. The van der Waals surface area contributed by atoms with Crippen LogP contribution in [0, 0.1) is 0 Å². The Bertz CT molecular complexity index is 380. The third kappa shape index (κ3) is 3.08. The van der Waals surface area contributed by atoms with E-state index in [1.54, 1.807) is 0 Å². The minimum absolute atomic E-state index is 0.122. The molecule has 0 amide bonds. The van der Waals surface area contributed by atoms with Crippen LogP contribution in [0.3, 0.4) is 0 Å². The molecule has 1 aliphatic heterocycles. The lowest BCUT2D eigenvalue weighted by Crippen LogP contribution is -2.47. The van der Waals surface area contributed by atoms with Crippen molar-refractivity contribution in [1.29, 1.82) is 0 Å². The number of aromatic nitrogens is 2. The van der Waals surface area contributed by atoms with Crippen molar-refractivity contribution in [3.8, 4) is 0 Å². The van der Waals surface area contributed by atoms with Gasteiger partial charge in [-0.15, -0.1) is 0 Å². The molecule has 0 spiro atoms. The summed E-state index contributed by atoms with van der Waals surface area (Å²) in [5.74, 6) is 0. The van der Waals surface area contributed by atoms with Gasteiger partial charge in [-0.1, -0.05) is 13.8 Å². The Balaban J connectivity index is 2.19. The molecule has 4 atom stereocenters. The van der Waals surface area contributed by atoms with Gasteiger partial charge in [-0.05, 0) is 6.92 Å². The molecule has 1 aromatic rings. The van der Waals surface area contributed by atoms with Crippen LogP contribution in [0.4, 0.5) is 0 Å². The fraction of sp³-hybridized carbons (Fsp3) is 0.769. The van der Waals surface area contributed by atoms with Crippen molar-refractivity contribution in [2.45, 2.75) is 43.4 Å². The minimum Gasteiger partial charge on any atom is -0.326 e. The predicted octanol–water partition coefficient (Wildman–Crippen LogP) is 1.63. The summed E-state index contributed by atoms with van der Waals surface area (Å²) in [5.41, 5.74) is 7.45. The van der Waals surface area contributed by atoms with E-state index in [0.717, 1.165) is 13.1 Å². The molecule has 1 aromatic heterocycles. The summed E-state index contributed by atoms with van der Waals surface area (Å²) in [6, 6.07) is 0.404. The van der Waals surface area contributed by atoms with Gasteiger partial charge < -0.3 is 5.73 Å². The van der Waals surface area contributed by atoms with Gasteiger partial charge in [0.15, 0.2) is 0 Å². The SMILES string of the molecule is CC1CN(C(c2cnn(C)c2)C(C)N)CC(C)S1. The van der Waals surface area contributed by atoms with Gasteiger partial charge in [0.05, 0.1) is 12.2 Å². The van der Waals surface area contributed by atoms with Crippen LogP contribution in [-0.4, -0.2) is 44.3 Å². The lowest BCUT2D eigenvalue weighted by atomic mass is 10.0. The van der Waals surface area contributed by atoms with E-state index >= 15 is 0 Å². The van der Waals surface area contributed by atoms with Crippen LogP contribution in [0.5, 0.6) is 0 Å². The molecule has 18 heavy (non-hydrogen) atoms. The van der Waals surface area contributed by atoms with Gasteiger partial charge in [-0.25, -0.2) is 0 Å². The van der Waals surface area contributed by atoms with E-state index in [1.165, 1.54) is 5.56 Å². The summed E-state index contributed by atoms with van der Waals surface area (Å²) in [4.78, 5) is 2.52. The maximum atomic E-state index is 6.21. The average molecular weight is 268 g/mol. The van der Waals surface area contributed by atoms with Crippen LogP contribution in [0.2, 0.25) is 0 Å². The largest absolute Gasteiger partial charge is 0.326 e. The van der Waals surface area contributed by atoms with E-state index < -0.39 is 0 Å². The van der Waals surface area contributed by atoms with Gasteiger partial charge in [-0.3, -0.25) is 9.58 Å². The highest BCUT2D eigenvalue weighted by Gasteiger charge is 2.31. The summed E-state index contributed by atoms with van der Waals surface area (Å²) >= 11 is 2.07. The van der Waals surface area contributed by atoms with Gasteiger partial charge in [0, 0.05) is 48.4 Å². The van der Waals surface area contributed by atoms with Crippen molar-refractivity contribution in [3.63, 3.8) is 0 Å². The second-order valence-electron chi connectivity index (χ2n) is 5.46. The van der Waals surface area contributed by atoms with Crippen LogP contribution in [0.25, 0.3) is 0 Å². The van der Waals surface area contributed by atoms with Crippen molar-refractivity contribution < 1.29 is 0 Å². The average Bonchev–Trinajstić information content (AvgIpc) is 2.62. The molecule has 2 N–H and O–H groups in total. The molecule has 102 valence electrons. The van der Waals surface area contributed by atoms with E-state index in [0.29, 0.717) is 10.5 Å². The highest BCUT2D eigenvalue weighted by molar-refractivity contribution is 8.00. The standard InChI is InChI=1S/C13H24N4S/c1-9-6-17(7-10(2)18-9)13(11(3)14)12-5-15-16(4)8-12/h5,8-11,13H,6-7,14H2,1-4H3. The zero-order valence-corrected chi connectivity index (χ0v) is 12.5. The molecule has 2 rings (SSSR count). The monoisotopic (exact) mass is 268 g/mol. The summed E-state index contributed by atoms with van der Waals surface area (Å²) in [5, 5.41) is 5.63. The Morgan fingerprint density at radius 3 is 2.44 bits per heavy atom. The smallest absolute Gasteiger partial charge is 0.0538 e. The lowest BCUT2D eigenvalue weighted by molar-refractivity contribution is 0.174. The van der Waals surface area contributed by atoms with E-state index in [4.69, 9.17) is 5.73 Å². The zero-order chi connectivity index (χ0) is 13.3. The first-order chi connectivity index (χ1) is 8.47. The highest BCUT2D eigenvalue weighted by Crippen LogP contribution is 2.32. The van der Waals surface area contributed by atoms with Crippen molar-refractivity contribution >= 4 is 11.8 Å². The van der Waals surface area contributed by atoms with E-state index in [2.05, 4.69) is 48.7 Å². The molecule has 0 aliphatic carbocycles. The number of nitrogens with zero attached hydrogens (tertiary/aromatic N) is 3. The second kappa shape index (κ2) is 5.63. The van der Waals surface area contributed by atoms with E-state index in [1.807, 2.05) is 17.9 Å². The summed E-state index contributed by atoms with van der Waals surface area (Å²) in [6.07, 6.45) is 4.04. The molecule has 0 radical (unpaired) electrons. The molecule has 1 saturated heterocycles. The molecule has 0 saturated carbocycles. The van der Waals surface area contributed by atoms with Crippen molar-refractivity contribution in [2.24, 2.45) is 12.8 Å². The van der Waals surface area contributed by atoms with Gasteiger partial charge in [-0.2, -0.15) is 16.9 Å². The molecule has 0 aromatic carbocycles. The van der Waals surface area contributed by atoms with Gasteiger partial charge in [0.25, 0.3) is 0 Å². The zero-order valence-electron chi connectivity index (χ0n) is 11.7. The van der Waals surface area contributed by atoms with E-state index in [-0.39, 0.29) is 12.1 Å². The molecule has 4 nitrogen and oxygen atoms in total. The molecular formula is C13H24N4S. The van der Waals surface area contributed by atoms with Crippen LogP contribution in [0.15, 0.2) is 12.4 Å². The first-order valence-corrected chi connectivity index (χ1v) is 7.55. The Labute approximate surface area is 114 Å². The number of thioether (sulfide) groups is 1. The quantitative estimate of drug-likeness (QED) is 0.905. The van der Waals surface area contributed by atoms with Gasteiger partial charge in [0.1, 0.15) is 0 Å². The Morgan fingerprint density at radius 2 is 2.00 bits per heavy atom. The topological polar surface area (TPSA) is 47.1 Å². The summed E-state index contributed by atoms with van der Waals surface area (Å²) < 4.78 is 1.86. The molecule has 2 heterocycles. The molecular weight excluding hydrogens is 244 g/mol. The first-order valence-electron chi connectivity index (χ1n) is 6.61. The lowest BCUT2D eigenvalue weighted by Gasteiger charge is -2.41. The van der Waals surface area contributed by atoms with Crippen LogP contribution >= 0.6 is 11.8 Å². The third-order valence-corrected chi connectivity index (χ3v) is 4.63. The fourth-order valence-electron chi connectivity index (χ4n) is 2.88. The molecule has 4 unspecified atom stereocenters. The van der Waals surface area contributed by atoms with Crippen molar-refractivity contribution in [2.75, 3.05) is 13.1 Å². The minimum atomic E-state index is 0.122. The number of hydrogen-bond acceptors (Lipinski definition) is 4. The second-order valence-corrected chi connectivity index (χ2v) is 7.34. The molecule has 1 aliphatic rings. The summed E-state index contributed by atoms with van der Waals surface area (Å²) in [7, 11) is 1.96. The number of aryl methyl sites for hydroxylation is 1. The number of rotatable bonds is 3. The molecule has 0 bridgehead atoms. The highest BCUT2D eigenvalue weighted by atomic mass is 32.2. The Kier molecular flexibility index (Phi) is 4.35.